The Kier molecular flexibility index (Phi) is 6.79. The molecule has 0 aliphatic carbocycles. The average Bonchev–Trinajstić information content (AvgIpc) is 2.43. The summed E-state index contributed by atoms with van der Waals surface area (Å²) in [5, 5.41) is 9.20. The molecule has 1 aromatic rings. The van der Waals surface area contributed by atoms with Gasteiger partial charge in [0.2, 0.25) is 10.0 Å². The van der Waals surface area contributed by atoms with Gasteiger partial charge < -0.3 is 9.84 Å². The zero-order chi connectivity index (χ0) is 16.0. The molecule has 0 heterocycles. The van der Waals surface area contributed by atoms with Crippen LogP contribution in [0, 0.1) is 0 Å². The van der Waals surface area contributed by atoms with Gasteiger partial charge in [0, 0.05) is 0 Å². The van der Waals surface area contributed by atoms with E-state index in [1.807, 2.05) is 6.26 Å². The highest BCUT2D eigenvalue weighted by molar-refractivity contribution is 7.98. The normalized spacial score (nSPS) is 12.9. The molecule has 0 aliphatic heterocycles. The van der Waals surface area contributed by atoms with Gasteiger partial charge in [0.05, 0.1) is 17.0 Å². The molecule has 0 bridgehead atoms. The molecule has 21 heavy (non-hydrogen) atoms. The van der Waals surface area contributed by atoms with E-state index in [-0.39, 0.29) is 16.3 Å². The highest BCUT2D eigenvalue weighted by Crippen LogP contribution is 2.27. The van der Waals surface area contributed by atoms with Crippen molar-refractivity contribution in [3.63, 3.8) is 0 Å². The summed E-state index contributed by atoms with van der Waals surface area (Å²) in [4.78, 5) is 11.0. The van der Waals surface area contributed by atoms with Crippen LogP contribution < -0.4 is 9.46 Å². The van der Waals surface area contributed by atoms with E-state index in [4.69, 9.17) is 21.4 Å². The Balaban J connectivity index is 2.99. The number of carboxylic acids is 1. The Morgan fingerprint density at radius 2 is 2.19 bits per heavy atom. The van der Waals surface area contributed by atoms with Crippen LogP contribution in [-0.4, -0.2) is 44.7 Å². The molecule has 0 amide bonds. The molecular weight excluding hydrogens is 338 g/mol. The lowest BCUT2D eigenvalue weighted by Gasteiger charge is -2.15. The number of methoxy groups -OCH3 is 1. The van der Waals surface area contributed by atoms with Crippen molar-refractivity contribution in [2.24, 2.45) is 0 Å². The van der Waals surface area contributed by atoms with Crippen LogP contribution in [-0.2, 0) is 14.8 Å². The first-order valence-corrected chi connectivity index (χ1v) is 9.15. The van der Waals surface area contributed by atoms with E-state index >= 15 is 0 Å². The van der Waals surface area contributed by atoms with E-state index in [2.05, 4.69) is 4.72 Å². The largest absolute Gasteiger partial charge is 0.495 e. The second-order valence-corrected chi connectivity index (χ2v) is 7.20. The lowest BCUT2D eigenvalue weighted by Crippen LogP contribution is -2.41. The monoisotopic (exact) mass is 353 g/mol. The van der Waals surface area contributed by atoms with Crippen molar-refractivity contribution in [1.29, 1.82) is 0 Å². The van der Waals surface area contributed by atoms with E-state index in [1.165, 1.54) is 37.1 Å². The highest BCUT2D eigenvalue weighted by atomic mass is 35.5. The standard InChI is InChI=1S/C12H16ClNO5S2/c1-19-11-4-3-8(7-9(11)13)21(17,18)14-10(12(15)16)5-6-20-2/h3-4,7,10,14H,5-6H2,1-2H3,(H,15,16). The van der Waals surface area contributed by atoms with E-state index in [1.54, 1.807) is 0 Å². The molecular formula is C12H16ClNO5S2. The maximum atomic E-state index is 12.2. The van der Waals surface area contributed by atoms with Crippen LogP contribution in [0.3, 0.4) is 0 Å². The number of rotatable bonds is 8. The van der Waals surface area contributed by atoms with Crippen molar-refractivity contribution in [3.05, 3.63) is 23.2 Å². The van der Waals surface area contributed by atoms with Gasteiger partial charge in [-0.1, -0.05) is 11.6 Å². The van der Waals surface area contributed by atoms with Crippen LogP contribution in [0.4, 0.5) is 0 Å². The van der Waals surface area contributed by atoms with Gasteiger partial charge in [-0.05, 0) is 36.6 Å². The van der Waals surface area contributed by atoms with Gasteiger partial charge in [-0.15, -0.1) is 0 Å². The fourth-order valence-electron chi connectivity index (χ4n) is 1.54. The summed E-state index contributed by atoms with van der Waals surface area (Å²) >= 11 is 7.32. The zero-order valence-corrected chi connectivity index (χ0v) is 13.9. The first-order valence-electron chi connectivity index (χ1n) is 5.89. The van der Waals surface area contributed by atoms with E-state index in [0.29, 0.717) is 11.5 Å². The van der Waals surface area contributed by atoms with E-state index in [9.17, 15) is 13.2 Å². The van der Waals surface area contributed by atoms with Crippen molar-refractivity contribution in [2.45, 2.75) is 17.4 Å². The van der Waals surface area contributed by atoms with Crippen LogP contribution in [0.1, 0.15) is 6.42 Å². The van der Waals surface area contributed by atoms with Gasteiger partial charge in [-0.3, -0.25) is 4.79 Å². The molecule has 118 valence electrons. The minimum atomic E-state index is -3.96. The molecule has 2 N–H and O–H groups in total. The molecule has 1 aromatic carbocycles. The lowest BCUT2D eigenvalue weighted by molar-refractivity contribution is -0.139. The van der Waals surface area contributed by atoms with Gasteiger partial charge in [0.15, 0.2) is 0 Å². The van der Waals surface area contributed by atoms with Crippen molar-refractivity contribution >= 4 is 39.4 Å². The quantitative estimate of drug-likeness (QED) is 0.740. The average molecular weight is 354 g/mol. The zero-order valence-electron chi connectivity index (χ0n) is 11.5. The molecule has 0 saturated heterocycles. The SMILES string of the molecule is COc1ccc(S(=O)(=O)NC(CCSC)C(=O)O)cc1Cl. The number of nitrogens with one attached hydrogen (secondary N) is 1. The fraction of sp³-hybridized carbons (Fsp3) is 0.417. The number of aliphatic carboxylic acids is 1. The molecule has 6 nitrogen and oxygen atoms in total. The van der Waals surface area contributed by atoms with Crippen LogP contribution >= 0.6 is 23.4 Å². The molecule has 0 aromatic heterocycles. The molecule has 1 atom stereocenters. The van der Waals surface area contributed by atoms with E-state index in [0.717, 1.165) is 0 Å². The van der Waals surface area contributed by atoms with Gasteiger partial charge in [0.25, 0.3) is 0 Å². The van der Waals surface area contributed by atoms with Crippen LogP contribution in [0.25, 0.3) is 0 Å². The number of ether oxygens (including phenoxy) is 1. The first-order chi connectivity index (χ1) is 9.81. The third-order valence-electron chi connectivity index (χ3n) is 2.64. The molecule has 9 heteroatoms. The summed E-state index contributed by atoms with van der Waals surface area (Å²) in [5.41, 5.74) is 0. The Morgan fingerprint density at radius 1 is 1.52 bits per heavy atom. The number of carboxylic acid groups (broad SMARTS) is 1. The maximum Gasteiger partial charge on any atom is 0.321 e. The fourth-order valence-corrected chi connectivity index (χ4v) is 3.58. The number of thioether (sulfide) groups is 1. The Hall–Kier alpha value is -0.960. The van der Waals surface area contributed by atoms with Gasteiger partial charge in [-0.25, -0.2) is 8.42 Å². The topological polar surface area (TPSA) is 92.7 Å². The first kappa shape index (κ1) is 18.1. The predicted molar refractivity (Wildman–Crippen MR) is 82.7 cm³/mol. The van der Waals surface area contributed by atoms with Gasteiger partial charge in [0.1, 0.15) is 11.8 Å². The van der Waals surface area contributed by atoms with Crippen molar-refractivity contribution in [2.75, 3.05) is 19.1 Å². The van der Waals surface area contributed by atoms with Crippen LogP contribution in [0.5, 0.6) is 5.75 Å². The summed E-state index contributed by atoms with van der Waals surface area (Å²) in [6, 6.07) is 2.76. The second-order valence-electron chi connectivity index (χ2n) is 4.09. The van der Waals surface area contributed by atoms with Gasteiger partial charge >= 0.3 is 5.97 Å². The highest BCUT2D eigenvalue weighted by Gasteiger charge is 2.25. The molecule has 0 radical (unpaired) electrons. The molecule has 1 unspecified atom stereocenters. The molecule has 0 aliphatic rings. The van der Waals surface area contributed by atoms with E-state index < -0.39 is 22.0 Å². The summed E-state index contributed by atoms with van der Waals surface area (Å²) in [6.45, 7) is 0. The number of sulfonamides is 1. The molecule has 0 spiro atoms. The smallest absolute Gasteiger partial charge is 0.321 e. The number of hydrogen-bond acceptors (Lipinski definition) is 5. The Labute approximate surface area is 132 Å². The molecule has 0 fully saturated rings. The number of halogens is 1. The lowest BCUT2D eigenvalue weighted by atomic mass is 10.2. The summed E-state index contributed by atoms with van der Waals surface area (Å²) in [6.07, 6.45) is 2.01. The van der Waals surface area contributed by atoms with Crippen molar-refractivity contribution < 1.29 is 23.1 Å². The van der Waals surface area contributed by atoms with Crippen LogP contribution in [0.15, 0.2) is 23.1 Å². The molecule has 0 saturated carbocycles. The number of carbonyl (C=O) groups is 1. The third-order valence-corrected chi connectivity index (χ3v) is 5.05. The van der Waals surface area contributed by atoms with Crippen molar-refractivity contribution in [3.8, 4) is 5.75 Å². The van der Waals surface area contributed by atoms with Crippen molar-refractivity contribution in [1.82, 2.24) is 4.72 Å². The number of benzene rings is 1. The summed E-state index contributed by atoms with van der Waals surface area (Å²) in [5.74, 6) is -0.344. The van der Waals surface area contributed by atoms with Gasteiger partial charge in [-0.2, -0.15) is 16.5 Å². The molecule has 1 rings (SSSR count). The Morgan fingerprint density at radius 3 is 2.67 bits per heavy atom. The maximum absolute atomic E-state index is 12.2. The minimum absolute atomic E-state index is 0.108. The van der Waals surface area contributed by atoms with Crippen LogP contribution in [0.2, 0.25) is 5.02 Å². The summed E-state index contributed by atoms with van der Waals surface area (Å²) < 4.78 is 31.5. The second kappa shape index (κ2) is 7.88. The summed E-state index contributed by atoms with van der Waals surface area (Å²) in [7, 11) is -2.55. The minimum Gasteiger partial charge on any atom is -0.495 e. The third kappa shape index (κ3) is 5.06. The predicted octanol–water partition coefficient (Wildman–Crippen LogP) is 1.83. The number of hydrogen-bond donors (Lipinski definition) is 2. The Bertz CT molecular complexity index is 606.